The van der Waals surface area contributed by atoms with Crippen molar-refractivity contribution in [1.29, 1.82) is 0 Å². The lowest BCUT2D eigenvalue weighted by atomic mass is 9.86. The zero-order chi connectivity index (χ0) is 31.3. The van der Waals surface area contributed by atoms with E-state index in [1.807, 2.05) is 36.4 Å². The summed E-state index contributed by atoms with van der Waals surface area (Å²) in [5.74, 6) is 0.683. The third kappa shape index (κ3) is 5.67. The highest BCUT2D eigenvalue weighted by Crippen LogP contribution is 2.61. The van der Waals surface area contributed by atoms with Crippen LogP contribution in [0.2, 0.25) is 0 Å². The maximum atomic E-state index is 14.0. The lowest BCUT2D eigenvalue weighted by molar-refractivity contribution is 0.295. The highest BCUT2D eigenvalue weighted by atomic mass is 32.2. The smallest absolute Gasteiger partial charge is 0.394 e. The van der Waals surface area contributed by atoms with Gasteiger partial charge < -0.3 is 9.05 Å². The lowest BCUT2D eigenvalue weighted by Gasteiger charge is -2.19. The molecule has 1 N–H and O–H groups in total. The number of benzene rings is 6. The number of phosphoric acid groups is 1. The first-order valence-electron chi connectivity index (χ1n) is 14.1. The van der Waals surface area contributed by atoms with Crippen LogP contribution in [0.1, 0.15) is 0 Å². The molecule has 1 heterocycles. The van der Waals surface area contributed by atoms with Crippen molar-refractivity contribution in [2.24, 2.45) is 0 Å². The highest BCUT2D eigenvalue weighted by Gasteiger charge is 2.37. The van der Waals surface area contributed by atoms with Crippen LogP contribution in [0.15, 0.2) is 117 Å². The Bertz CT molecular complexity index is 1990. The van der Waals surface area contributed by atoms with Gasteiger partial charge in [-0.3, -0.25) is 4.89 Å². The van der Waals surface area contributed by atoms with Crippen molar-refractivity contribution in [3.63, 3.8) is 0 Å². The highest BCUT2D eigenvalue weighted by molar-refractivity contribution is 7.99. The standard InChI is InChI=1S/C36H29O4PS4/c1-42-25-13-23(14-26(19-25)43-2)31-17-21-9-5-7-11-29(21)33-34-30-12-8-6-10-22(30)18-32(36(34)40-41(37,38)39-35(31)33)24-15-27(44-3)20-28(16-24)45-4/h5-20H,1-4H3,(H,37,38). The van der Waals surface area contributed by atoms with Crippen LogP contribution in [-0.4, -0.2) is 29.9 Å². The van der Waals surface area contributed by atoms with Gasteiger partial charge in [-0.15, -0.1) is 47.0 Å². The van der Waals surface area contributed by atoms with E-state index in [1.54, 1.807) is 47.0 Å². The fourth-order valence-electron chi connectivity index (χ4n) is 5.95. The molecule has 45 heavy (non-hydrogen) atoms. The Balaban J connectivity index is 1.67. The Morgan fingerprint density at radius 2 is 0.889 bits per heavy atom. The largest absolute Gasteiger partial charge is 0.584 e. The molecule has 6 aromatic carbocycles. The van der Waals surface area contributed by atoms with E-state index in [0.717, 1.165) is 74.5 Å². The minimum Gasteiger partial charge on any atom is -0.394 e. The van der Waals surface area contributed by atoms with Gasteiger partial charge in [-0.25, -0.2) is 4.57 Å². The molecule has 9 heteroatoms. The fourth-order valence-corrected chi connectivity index (χ4v) is 8.93. The molecule has 0 aromatic heterocycles. The molecule has 1 aliphatic heterocycles. The summed E-state index contributed by atoms with van der Waals surface area (Å²) in [6.07, 6.45) is 8.20. The first-order chi connectivity index (χ1) is 21.8. The lowest BCUT2D eigenvalue weighted by Crippen LogP contribution is -2.00. The summed E-state index contributed by atoms with van der Waals surface area (Å²) in [5, 5.41) is 3.83. The Hall–Kier alpha value is -2.97. The molecule has 0 aliphatic carbocycles. The van der Waals surface area contributed by atoms with Crippen molar-refractivity contribution in [1.82, 2.24) is 0 Å². The second-order valence-corrected chi connectivity index (χ2v) is 15.4. The summed E-state index contributed by atoms with van der Waals surface area (Å²) >= 11 is 6.65. The van der Waals surface area contributed by atoms with Crippen LogP contribution in [0, 0.1) is 0 Å². The molecule has 0 fully saturated rings. The van der Waals surface area contributed by atoms with Gasteiger partial charge in [-0.1, -0.05) is 48.5 Å². The van der Waals surface area contributed by atoms with E-state index in [9.17, 15) is 9.46 Å². The second-order valence-electron chi connectivity index (χ2n) is 10.6. The quantitative estimate of drug-likeness (QED) is 0.137. The topological polar surface area (TPSA) is 55.8 Å². The maximum Gasteiger partial charge on any atom is 0.584 e. The molecule has 0 saturated carbocycles. The Morgan fingerprint density at radius 1 is 0.533 bits per heavy atom. The monoisotopic (exact) mass is 684 g/mol. The molecule has 0 saturated heterocycles. The normalized spacial score (nSPS) is 13.5. The average Bonchev–Trinajstić information content (AvgIpc) is 3.20. The third-order valence-electron chi connectivity index (χ3n) is 7.99. The van der Waals surface area contributed by atoms with Crippen molar-refractivity contribution < 1.29 is 18.5 Å². The van der Waals surface area contributed by atoms with Gasteiger partial charge in [-0.2, -0.15) is 0 Å². The van der Waals surface area contributed by atoms with E-state index in [0.29, 0.717) is 11.5 Å². The summed E-state index contributed by atoms with van der Waals surface area (Å²) in [6.45, 7) is 0. The van der Waals surface area contributed by atoms with Gasteiger partial charge in [0, 0.05) is 41.8 Å². The number of hydrogen-bond donors (Lipinski definition) is 1. The SMILES string of the molecule is CSc1cc(SC)cc(-c2cc3ccccc3c3c2OP(=O)(O)Oc2c(-c4cc(SC)cc(SC)c4)cc4ccccc4c2-3)c1. The van der Waals surface area contributed by atoms with Gasteiger partial charge in [0.2, 0.25) is 0 Å². The minimum absolute atomic E-state index is 0.341. The van der Waals surface area contributed by atoms with Crippen LogP contribution in [0.25, 0.3) is 54.9 Å². The van der Waals surface area contributed by atoms with E-state index in [-0.39, 0.29) is 0 Å². The summed E-state index contributed by atoms with van der Waals surface area (Å²) in [6, 6.07) is 33.1. The molecule has 6 aromatic rings. The maximum absolute atomic E-state index is 14.0. The molecule has 4 nitrogen and oxygen atoms in total. The van der Waals surface area contributed by atoms with E-state index < -0.39 is 7.82 Å². The first kappa shape index (κ1) is 30.7. The molecule has 7 rings (SSSR count). The van der Waals surface area contributed by atoms with Gasteiger partial charge in [0.25, 0.3) is 0 Å². The van der Waals surface area contributed by atoms with Crippen LogP contribution in [0.5, 0.6) is 11.5 Å². The zero-order valence-corrected chi connectivity index (χ0v) is 29.2. The second kappa shape index (κ2) is 12.3. The van der Waals surface area contributed by atoms with Gasteiger partial charge in [0.05, 0.1) is 0 Å². The summed E-state index contributed by atoms with van der Waals surface area (Å²) in [7, 11) is -4.64. The van der Waals surface area contributed by atoms with Gasteiger partial charge in [0.1, 0.15) is 11.5 Å². The third-order valence-corrected chi connectivity index (χ3v) is 11.6. The average molecular weight is 685 g/mol. The fraction of sp³-hybridized carbons (Fsp3) is 0.111. The summed E-state index contributed by atoms with van der Waals surface area (Å²) < 4.78 is 26.3. The van der Waals surface area contributed by atoms with Crippen molar-refractivity contribution in [3.8, 4) is 44.9 Å². The zero-order valence-electron chi connectivity index (χ0n) is 25.0. The van der Waals surface area contributed by atoms with Crippen LogP contribution in [0.4, 0.5) is 0 Å². The van der Waals surface area contributed by atoms with Crippen LogP contribution in [0.3, 0.4) is 0 Å². The summed E-state index contributed by atoms with van der Waals surface area (Å²) in [5.41, 5.74) is 4.79. The Morgan fingerprint density at radius 3 is 1.24 bits per heavy atom. The summed E-state index contributed by atoms with van der Waals surface area (Å²) in [4.78, 5) is 15.8. The van der Waals surface area contributed by atoms with E-state index >= 15 is 0 Å². The number of thioether (sulfide) groups is 4. The molecular formula is C36H29O4PS4. The molecular weight excluding hydrogens is 656 g/mol. The van der Waals surface area contributed by atoms with Gasteiger partial charge in [0.15, 0.2) is 0 Å². The van der Waals surface area contributed by atoms with Crippen molar-refractivity contribution in [3.05, 3.63) is 97.1 Å². The minimum atomic E-state index is -4.64. The molecule has 1 aliphatic rings. The predicted octanol–water partition coefficient (Wildman–Crippen LogP) is 11.8. The number of hydrogen-bond acceptors (Lipinski definition) is 7. The number of rotatable bonds is 6. The van der Waals surface area contributed by atoms with Crippen molar-refractivity contribution in [2.75, 3.05) is 25.0 Å². The number of phosphoric ester groups is 1. The Kier molecular flexibility index (Phi) is 8.40. The molecule has 0 spiro atoms. The van der Waals surface area contributed by atoms with E-state index in [4.69, 9.17) is 9.05 Å². The van der Waals surface area contributed by atoms with Crippen LogP contribution < -0.4 is 9.05 Å². The first-order valence-corrected chi connectivity index (χ1v) is 20.5. The Labute approximate surface area is 279 Å². The van der Waals surface area contributed by atoms with E-state index in [2.05, 4.69) is 85.7 Å². The molecule has 0 unspecified atom stereocenters. The molecule has 226 valence electrons. The molecule has 0 bridgehead atoms. The number of fused-ring (bicyclic) bond motifs is 7. The van der Waals surface area contributed by atoms with Gasteiger partial charge in [-0.05, 0) is 106 Å². The molecule has 0 amide bonds. The van der Waals surface area contributed by atoms with Gasteiger partial charge >= 0.3 is 7.82 Å². The van der Waals surface area contributed by atoms with Crippen LogP contribution in [-0.2, 0) is 4.57 Å². The van der Waals surface area contributed by atoms with Crippen molar-refractivity contribution in [2.45, 2.75) is 19.6 Å². The molecule has 0 radical (unpaired) electrons. The van der Waals surface area contributed by atoms with Crippen molar-refractivity contribution >= 4 is 76.4 Å². The molecule has 0 atom stereocenters. The van der Waals surface area contributed by atoms with E-state index in [1.165, 1.54) is 0 Å². The van der Waals surface area contributed by atoms with Crippen LogP contribution >= 0.6 is 54.9 Å². The predicted molar refractivity (Wildman–Crippen MR) is 196 cm³/mol.